The number of benzene rings is 3. The minimum atomic E-state index is -4.53. The highest BCUT2D eigenvalue weighted by atomic mass is 19.4. The summed E-state index contributed by atoms with van der Waals surface area (Å²) in [5.74, 6) is 0.721. The molecule has 0 saturated carbocycles. The second-order valence-corrected chi connectivity index (χ2v) is 11.7. The molecule has 10 nitrogen and oxygen atoms in total. The number of anilines is 3. The number of carbonyl (C=O) groups is 2. The lowest BCUT2D eigenvalue weighted by atomic mass is 9.83. The van der Waals surface area contributed by atoms with Crippen LogP contribution in [0.2, 0.25) is 0 Å². The summed E-state index contributed by atoms with van der Waals surface area (Å²) in [6.45, 7) is 1.27. The fourth-order valence-corrected chi connectivity index (χ4v) is 6.02. The van der Waals surface area contributed by atoms with Crippen LogP contribution in [-0.2, 0) is 26.1 Å². The first kappa shape index (κ1) is 33.6. The molecule has 4 aromatic rings. The van der Waals surface area contributed by atoms with Crippen LogP contribution in [0.5, 0.6) is 11.5 Å². The molecule has 1 fully saturated rings. The normalized spacial score (nSPS) is 16.1. The van der Waals surface area contributed by atoms with Gasteiger partial charge < -0.3 is 29.5 Å². The summed E-state index contributed by atoms with van der Waals surface area (Å²) < 4.78 is 56.6. The van der Waals surface area contributed by atoms with Crippen molar-refractivity contribution >= 4 is 45.2 Å². The SMILES string of the molecule is COCCOc1cc2ncnc(Nc3ccc(N4CCC(O)(c5cccc(C(F)(F)F)c5)CC4)c(C4=CC(=O)C=CC4=O)c3)c2cc1OC. The van der Waals surface area contributed by atoms with Crippen LogP contribution in [0.25, 0.3) is 16.5 Å². The number of aromatic nitrogens is 2. The molecule has 1 aromatic heterocycles. The zero-order chi connectivity index (χ0) is 34.8. The van der Waals surface area contributed by atoms with Crippen molar-refractivity contribution in [1.82, 2.24) is 9.97 Å². The van der Waals surface area contributed by atoms with Gasteiger partial charge in [0.05, 0.1) is 30.4 Å². The van der Waals surface area contributed by atoms with Crippen molar-refractivity contribution in [2.24, 2.45) is 0 Å². The molecule has 0 spiro atoms. The predicted molar refractivity (Wildman–Crippen MR) is 177 cm³/mol. The molecular formula is C36H33F3N4O6. The molecule has 0 unspecified atom stereocenters. The lowest BCUT2D eigenvalue weighted by Crippen LogP contribution is -2.43. The molecule has 254 valence electrons. The number of nitrogens with zero attached hydrogens (tertiary/aromatic N) is 3. The quantitative estimate of drug-likeness (QED) is 0.153. The summed E-state index contributed by atoms with van der Waals surface area (Å²) in [5, 5.41) is 15.4. The Morgan fingerprint density at radius 1 is 0.959 bits per heavy atom. The molecule has 6 rings (SSSR count). The first-order valence-corrected chi connectivity index (χ1v) is 15.5. The summed E-state index contributed by atoms with van der Waals surface area (Å²) in [4.78, 5) is 36.3. The number of halogens is 3. The van der Waals surface area contributed by atoms with Crippen LogP contribution in [0.1, 0.15) is 29.5 Å². The molecule has 0 radical (unpaired) electrons. The molecule has 49 heavy (non-hydrogen) atoms. The largest absolute Gasteiger partial charge is 0.493 e. The van der Waals surface area contributed by atoms with Crippen molar-refractivity contribution in [1.29, 1.82) is 0 Å². The summed E-state index contributed by atoms with van der Waals surface area (Å²) in [7, 11) is 3.11. The van der Waals surface area contributed by atoms with E-state index in [1.807, 2.05) is 4.90 Å². The molecule has 2 heterocycles. The van der Waals surface area contributed by atoms with Crippen molar-refractivity contribution in [3.63, 3.8) is 0 Å². The topological polar surface area (TPSA) is 123 Å². The van der Waals surface area contributed by atoms with E-state index in [4.69, 9.17) is 14.2 Å². The number of fused-ring (bicyclic) bond motifs is 1. The highest BCUT2D eigenvalue weighted by Gasteiger charge is 2.38. The van der Waals surface area contributed by atoms with Crippen LogP contribution in [0.4, 0.5) is 30.4 Å². The predicted octanol–water partition coefficient (Wildman–Crippen LogP) is 6.01. The van der Waals surface area contributed by atoms with Gasteiger partial charge in [0.1, 0.15) is 18.8 Å². The maximum Gasteiger partial charge on any atom is 0.416 e. The zero-order valence-electron chi connectivity index (χ0n) is 26.7. The van der Waals surface area contributed by atoms with E-state index in [1.165, 1.54) is 43.8 Å². The Morgan fingerprint density at radius 2 is 1.76 bits per heavy atom. The molecule has 3 aromatic carbocycles. The van der Waals surface area contributed by atoms with E-state index < -0.39 is 17.3 Å². The number of ketones is 2. The van der Waals surface area contributed by atoms with E-state index in [-0.39, 0.29) is 48.6 Å². The third kappa shape index (κ3) is 7.13. The highest BCUT2D eigenvalue weighted by molar-refractivity contribution is 6.34. The van der Waals surface area contributed by atoms with Crippen LogP contribution in [0.3, 0.4) is 0 Å². The lowest BCUT2D eigenvalue weighted by molar-refractivity contribution is -0.137. The smallest absolute Gasteiger partial charge is 0.416 e. The lowest BCUT2D eigenvalue weighted by Gasteiger charge is -2.40. The van der Waals surface area contributed by atoms with Gasteiger partial charge in [-0.1, -0.05) is 12.1 Å². The number of rotatable bonds is 10. The average Bonchev–Trinajstić information content (AvgIpc) is 3.09. The molecule has 0 bridgehead atoms. The third-order valence-corrected chi connectivity index (χ3v) is 8.62. The van der Waals surface area contributed by atoms with E-state index in [9.17, 15) is 27.9 Å². The van der Waals surface area contributed by atoms with Crippen molar-refractivity contribution in [2.75, 3.05) is 50.7 Å². The summed E-state index contributed by atoms with van der Waals surface area (Å²) in [5.41, 5.74) is 0.353. The van der Waals surface area contributed by atoms with Gasteiger partial charge in [-0.2, -0.15) is 13.2 Å². The maximum atomic E-state index is 13.4. The number of piperidine rings is 1. The van der Waals surface area contributed by atoms with E-state index in [0.29, 0.717) is 58.4 Å². The average molecular weight is 675 g/mol. The Hall–Kier alpha value is -5.27. The number of alkyl halides is 3. The number of methoxy groups -OCH3 is 2. The molecule has 0 amide bonds. The van der Waals surface area contributed by atoms with Gasteiger partial charge in [0, 0.05) is 54.2 Å². The van der Waals surface area contributed by atoms with Crippen LogP contribution in [-0.4, -0.2) is 67.2 Å². The number of allylic oxidation sites excluding steroid dienone is 4. The third-order valence-electron chi connectivity index (χ3n) is 8.62. The van der Waals surface area contributed by atoms with E-state index in [2.05, 4.69) is 15.3 Å². The minimum absolute atomic E-state index is 0.144. The second-order valence-electron chi connectivity index (χ2n) is 11.7. The Morgan fingerprint density at radius 3 is 2.49 bits per heavy atom. The first-order chi connectivity index (χ1) is 23.5. The monoisotopic (exact) mass is 674 g/mol. The molecule has 1 aliphatic carbocycles. The fraction of sp³-hybridized carbons (Fsp3) is 0.278. The van der Waals surface area contributed by atoms with Crippen LogP contribution in [0, 0.1) is 0 Å². The van der Waals surface area contributed by atoms with Gasteiger partial charge in [-0.25, -0.2) is 9.97 Å². The molecule has 0 atom stereocenters. The maximum absolute atomic E-state index is 13.4. The van der Waals surface area contributed by atoms with Gasteiger partial charge in [0.15, 0.2) is 23.1 Å². The van der Waals surface area contributed by atoms with Crippen molar-refractivity contribution < 1.29 is 42.1 Å². The Balaban J connectivity index is 1.32. The number of hydrogen-bond acceptors (Lipinski definition) is 10. The molecule has 2 N–H and O–H groups in total. The van der Waals surface area contributed by atoms with Crippen molar-refractivity contribution in [3.05, 3.63) is 95.8 Å². The molecule has 2 aliphatic rings. The van der Waals surface area contributed by atoms with Gasteiger partial charge in [-0.3, -0.25) is 9.59 Å². The van der Waals surface area contributed by atoms with E-state index in [1.54, 1.807) is 37.4 Å². The summed E-state index contributed by atoms with van der Waals surface area (Å²) >= 11 is 0. The number of ether oxygens (including phenoxy) is 3. The standard InChI is InChI=1S/C36H33F3N4O6/c1-47-14-15-49-33-20-29-28(19-32(33)48-2)34(41-21-40-29)42-24-6-8-30(26(17-24)27-18-25(44)7-9-31(27)45)43-12-10-35(46,11-13-43)22-4-3-5-23(16-22)36(37,38)39/h3-9,16-21,46H,10-15H2,1-2H3,(H,40,41,42). The number of carbonyl (C=O) groups excluding carboxylic acids is 2. The van der Waals surface area contributed by atoms with Gasteiger partial charge >= 0.3 is 6.18 Å². The van der Waals surface area contributed by atoms with E-state index in [0.717, 1.165) is 12.1 Å². The highest BCUT2D eigenvalue weighted by Crippen LogP contribution is 2.41. The number of aliphatic hydroxyl groups is 1. The van der Waals surface area contributed by atoms with Crippen LogP contribution in [0.15, 0.2) is 79.2 Å². The second kappa shape index (κ2) is 13.7. The Kier molecular flexibility index (Phi) is 9.39. The molecule has 1 saturated heterocycles. The van der Waals surface area contributed by atoms with Gasteiger partial charge in [-0.15, -0.1) is 0 Å². The van der Waals surface area contributed by atoms with Crippen molar-refractivity contribution in [2.45, 2.75) is 24.6 Å². The summed E-state index contributed by atoms with van der Waals surface area (Å²) in [6.07, 6.45) is 0.871. The minimum Gasteiger partial charge on any atom is -0.493 e. The zero-order valence-corrected chi connectivity index (χ0v) is 26.7. The van der Waals surface area contributed by atoms with Crippen LogP contribution >= 0.6 is 0 Å². The van der Waals surface area contributed by atoms with Crippen molar-refractivity contribution in [3.8, 4) is 11.5 Å². The fourth-order valence-electron chi connectivity index (χ4n) is 6.02. The first-order valence-electron chi connectivity index (χ1n) is 15.5. The van der Waals surface area contributed by atoms with Crippen LogP contribution < -0.4 is 19.7 Å². The number of nitrogens with one attached hydrogen (secondary N) is 1. The Bertz CT molecular complexity index is 1970. The molecular weight excluding hydrogens is 641 g/mol. The summed E-state index contributed by atoms with van der Waals surface area (Å²) in [6, 6.07) is 13.6. The van der Waals surface area contributed by atoms with E-state index >= 15 is 0 Å². The molecule has 1 aliphatic heterocycles. The Labute approximate surface area is 279 Å². The number of hydrogen-bond donors (Lipinski definition) is 2. The van der Waals surface area contributed by atoms with Gasteiger partial charge in [-0.05, 0) is 73.0 Å². The molecule has 13 heteroatoms. The van der Waals surface area contributed by atoms with Gasteiger partial charge in [0.2, 0.25) is 0 Å². The van der Waals surface area contributed by atoms with Gasteiger partial charge in [0.25, 0.3) is 0 Å².